The molecule has 2 aromatic rings. The summed E-state index contributed by atoms with van der Waals surface area (Å²) >= 11 is 0. The van der Waals surface area contributed by atoms with Crippen LogP contribution in [0.4, 0.5) is 10.1 Å². The molecule has 1 aromatic heterocycles. The molecule has 2 aliphatic heterocycles. The van der Waals surface area contributed by atoms with E-state index in [-0.39, 0.29) is 18.1 Å². The summed E-state index contributed by atoms with van der Waals surface area (Å²) in [6.45, 7) is 5.97. The van der Waals surface area contributed by atoms with Gasteiger partial charge in [0.25, 0.3) is 5.91 Å². The lowest BCUT2D eigenvalue weighted by molar-refractivity contribution is -0.00702. The Kier molecular flexibility index (Phi) is 4.77. The molecule has 2 aliphatic rings. The average Bonchev–Trinajstić information content (AvgIpc) is 3.11. The summed E-state index contributed by atoms with van der Waals surface area (Å²) in [5.74, 6) is -0.512. The second-order valence-corrected chi connectivity index (χ2v) is 7.31. The van der Waals surface area contributed by atoms with Crippen LogP contribution in [0.3, 0.4) is 0 Å². The summed E-state index contributed by atoms with van der Waals surface area (Å²) in [6.07, 6.45) is 0.597. The van der Waals surface area contributed by atoms with E-state index in [0.717, 1.165) is 11.3 Å². The second kappa shape index (κ2) is 7.24. The maximum absolute atomic E-state index is 14.3. The largest absolute Gasteiger partial charge is 0.369 e. The molecule has 7 nitrogen and oxygen atoms in total. The summed E-state index contributed by atoms with van der Waals surface area (Å²) in [7, 11) is 0. The lowest BCUT2D eigenvalue weighted by atomic mass is 9.99. The molecular weight excluding hydrogens is 361 g/mol. The number of carbonyl (C=O) groups is 1. The SMILES string of the molecule is C[C@@H]1Cc2c(C(=O)N3CCN(c4ccc(C#N)cc4F)CC3)n[nH]c2[C@H](C)O1. The molecule has 1 saturated heterocycles. The smallest absolute Gasteiger partial charge is 0.274 e. The average molecular weight is 383 g/mol. The summed E-state index contributed by atoms with van der Waals surface area (Å²) in [5, 5.41) is 16.1. The molecule has 0 aliphatic carbocycles. The van der Waals surface area contributed by atoms with Gasteiger partial charge in [0.05, 0.1) is 35.2 Å². The molecule has 1 amide bonds. The molecule has 2 atom stereocenters. The number of fused-ring (bicyclic) bond motifs is 1. The van der Waals surface area contributed by atoms with Gasteiger partial charge in [0.1, 0.15) is 5.82 Å². The Morgan fingerprint density at radius 1 is 1.32 bits per heavy atom. The second-order valence-electron chi connectivity index (χ2n) is 7.31. The van der Waals surface area contributed by atoms with Crippen molar-refractivity contribution in [3.05, 3.63) is 46.5 Å². The Bertz CT molecular complexity index is 943. The fraction of sp³-hybridized carbons (Fsp3) is 0.450. The van der Waals surface area contributed by atoms with Crippen LogP contribution in [0.15, 0.2) is 18.2 Å². The minimum atomic E-state index is -0.414. The molecule has 4 rings (SSSR count). The van der Waals surface area contributed by atoms with E-state index in [4.69, 9.17) is 10.00 Å². The van der Waals surface area contributed by atoms with Crippen molar-refractivity contribution >= 4 is 11.6 Å². The van der Waals surface area contributed by atoms with Crippen molar-refractivity contribution in [2.45, 2.75) is 32.5 Å². The molecule has 1 aromatic carbocycles. The van der Waals surface area contributed by atoms with Gasteiger partial charge in [-0.2, -0.15) is 10.4 Å². The molecule has 0 unspecified atom stereocenters. The Morgan fingerprint density at radius 3 is 2.75 bits per heavy atom. The quantitative estimate of drug-likeness (QED) is 0.861. The van der Waals surface area contributed by atoms with Crippen LogP contribution in [0, 0.1) is 17.1 Å². The maximum atomic E-state index is 14.3. The van der Waals surface area contributed by atoms with E-state index >= 15 is 0 Å². The molecule has 1 fully saturated rings. The van der Waals surface area contributed by atoms with Crippen LogP contribution < -0.4 is 4.90 Å². The van der Waals surface area contributed by atoms with Crippen molar-refractivity contribution in [1.82, 2.24) is 15.1 Å². The normalized spacial score (nSPS) is 21.9. The van der Waals surface area contributed by atoms with Crippen LogP contribution in [-0.2, 0) is 11.2 Å². The molecule has 0 bridgehead atoms. The molecule has 0 radical (unpaired) electrons. The topological polar surface area (TPSA) is 85.3 Å². The minimum Gasteiger partial charge on any atom is -0.369 e. The third-order valence-corrected chi connectivity index (χ3v) is 5.42. The lowest BCUT2D eigenvalue weighted by Gasteiger charge is -2.36. The van der Waals surface area contributed by atoms with E-state index in [1.807, 2.05) is 24.8 Å². The van der Waals surface area contributed by atoms with E-state index in [0.29, 0.717) is 49.5 Å². The number of rotatable bonds is 2. The predicted octanol–water partition coefficient (Wildman–Crippen LogP) is 2.41. The van der Waals surface area contributed by atoms with Gasteiger partial charge in [-0.15, -0.1) is 0 Å². The van der Waals surface area contributed by atoms with Crippen LogP contribution >= 0.6 is 0 Å². The fourth-order valence-corrected chi connectivity index (χ4v) is 3.98. The lowest BCUT2D eigenvalue weighted by Crippen LogP contribution is -2.49. The number of hydrogen-bond acceptors (Lipinski definition) is 5. The number of aromatic amines is 1. The maximum Gasteiger partial charge on any atom is 0.274 e. The number of aromatic nitrogens is 2. The fourth-order valence-electron chi connectivity index (χ4n) is 3.98. The predicted molar refractivity (Wildman–Crippen MR) is 100 cm³/mol. The molecule has 0 saturated carbocycles. The Hall–Kier alpha value is -2.92. The minimum absolute atomic E-state index is 0.0443. The number of nitrogens with zero attached hydrogens (tertiary/aromatic N) is 4. The Balaban J connectivity index is 1.46. The van der Waals surface area contributed by atoms with Gasteiger partial charge in [-0.05, 0) is 32.0 Å². The third kappa shape index (κ3) is 3.22. The zero-order valence-corrected chi connectivity index (χ0v) is 15.9. The monoisotopic (exact) mass is 383 g/mol. The first-order valence-electron chi connectivity index (χ1n) is 9.44. The van der Waals surface area contributed by atoms with Crippen LogP contribution in [0.2, 0.25) is 0 Å². The van der Waals surface area contributed by atoms with Crippen LogP contribution in [0.25, 0.3) is 0 Å². The summed E-state index contributed by atoms with van der Waals surface area (Å²) in [4.78, 5) is 16.7. The highest BCUT2D eigenvalue weighted by molar-refractivity contribution is 5.94. The van der Waals surface area contributed by atoms with Crippen LogP contribution in [0.1, 0.15) is 47.3 Å². The van der Waals surface area contributed by atoms with Crippen molar-refractivity contribution in [1.29, 1.82) is 5.26 Å². The molecular formula is C20H22FN5O2. The van der Waals surface area contributed by atoms with E-state index < -0.39 is 5.82 Å². The van der Waals surface area contributed by atoms with Crippen LogP contribution in [-0.4, -0.2) is 53.3 Å². The van der Waals surface area contributed by atoms with Crippen LogP contribution in [0.5, 0.6) is 0 Å². The summed E-state index contributed by atoms with van der Waals surface area (Å²) in [6, 6.07) is 6.41. The number of H-pyrrole nitrogens is 1. The zero-order valence-electron chi connectivity index (χ0n) is 15.9. The van der Waals surface area contributed by atoms with Gasteiger partial charge in [-0.1, -0.05) is 0 Å². The molecule has 146 valence electrons. The standard InChI is InChI=1S/C20H22FN5O2/c1-12-9-15-18(13(2)28-12)23-24-19(15)20(27)26-7-5-25(6-8-26)17-4-3-14(11-22)10-16(17)21/h3-4,10,12-13H,5-9H2,1-2H3,(H,23,24)/t12-,13+/m1/s1. The number of carbonyl (C=O) groups excluding carboxylic acids is 1. The van der Waals surface area contributed by atoms with Gasteiger partial charge in [0.15, 0.2) is 5.69 Å². The van der Waals surface area contributed by atoms with Gasteiger partial charge in [-0.25, -0.2) is 4.39 Å². The number of nitrogens with one attached hydrogen (secondary N) is 1. The Labute approximate surface area is 162 Å². The first-order chi connectivity index (χ1) is 13.5. The highest BCUT2D eigenvalue weighted by Gasteiger charge is 2.32. The molecule has 1 N–H and O–H groups in total. The number of halogens is 1. The Morgan fingerprint density at radius 2 is 2.07 bits per heavy atom. The molecule has 3 heterocycles. The van der Waals surface area contributed by atoms with Crippen molar-refractivity contribution < 1.29 is 13.9 Å². The van der Waals surface area contributed by atoms with E-state index in [9.17, 15) is 9.18 Å². The first kappa shape index (κ1) is 18.4. The van der Waals surface area contributed by atoms with Gasteiger partial charge in [0, 0.05) is 38.2 Å². The first-order valence-corrected chi connectivity index (χ1v) is 9.44. The van der Waals surface area contributed by atoms with E-state index in [1.165, 1.54) is 6.07 Å². The molecule has 28 heavy (non-hydrogen) atoms. The van der Waals surface area contributed by atoms with E-state index in [2.05, 4.69) is 10.2 Å². The summed E-state index contributed by atoms with van der Waals surface area (Å²) < 4.78 is 20.0. The van der Waals surface area contributed by atoms with Crippen molar-refractivity contribution in [2.24, 2.45) is 0 Å². The zero-order chi connectivity index (χ0) is 19.8. The number of ether oxygens (including phenoxy) is 1. The van der Waals surface area contributed by atoms with Gasteiger partial charge in [-0.3, -0.25) is 9.89 Å². The highest BCUT2D eigenvalue weighted by Crippen LogP contribution is 2.31. The van der Waals surface area contributed by atoms with Gasteiger partial charge < -0.3 is 14.5 Å². The number of anilines is 1. The van der Waals surface area contributed by atoms with Gasteiger partial charge in [0.2, 0.25) is 0 Å². The molecule has 0 spiro atoms. The molecule has 8 heteroatoms. The number of nitriles is 1. The van der Waals surface area contributed by atoms with Crippen molar-refractivity contribution in [3.63, 3.8) is 0 Å². The van der Waals surface area contributed by atoms with E-state index in [1.54, 1.807) is 17.0 Å². The third-order valence-electron chi connectivity index (χ3n) is 5.42. The summed E-state index contributed by atoms with van der Waals surface area (Å²) in [5.41, 5.74) is 3.04. The number of hydrogen-bond donors (Lipinski definition) is 1. The number of amides is 1. The van der Waals surface area contributed by atoms with Crippen molar-refractivity contribution in [2.75, 3.05) is 31.1 Å². The number of benzene rings is 1. The number of piperazine rings is 1. The van der Waals surface area contributed by atoms with Crippen molar-refractivity contribution in [3.8, 4) is 6.07 Å². The highest BCUT2D eigenvalue weighted by atomic mass is 19.1. The van der Waals surface area contributed by atoms with Gasteiger partial charge >= 0.3 is 0 Å².